The van der Waals surface area contributed by atoms with E-state index in [1.54, 1.807) is 17.2 Å². The van der Waals surface area contributed by atoms with E-state index in [4.69, 9.17) is 10.3 Å². The maximum Gasteiger partial charge on any atom is 0.239 e. The molecule has 0 bridgehead atoms. The summed E-state index contributed by atoms with van der Waals surface area (Å²) in [4.78, 5) is 13.3. The van der Waals surface area contributed by atoms with Crippen molar-refractivity contribution in [2.24, 2.45) is 5.73 Å². The normalized spacial score (nSPS) is 22.8. The van der Waals surface area contributed by atoms with E-state index in [0.717, 1.165) is 19.4 Å². The minimum Gasteiger partial charge on any atom is -0.360 e. The Labute approximate surface area is 81.8 Å². The number of carbonyl (C=O) groups excluding carboxylic acids is 1. The number of carbonyl (C=O) groups is 1. The topological polar surface area (TPSA) is 72.4 Å². The van der Waals surface area contributed by atoms with Crippen LogP contribution in [0.2, 0.25) is 0 Å². The summed E-state index contributed by atoms with van der Waals surface area (Å²) >= 11 is 0. The number of hydrogen-bond donors (Lipinski definition) is 1. The third kappa shape index (κ3) is 1.77. The molecule has 0 radical (unpaired) electrons. The van der Waals surface area contributed by atoms with Gasteiger partial charge in [-0.25, -0.2) is 0 Å². The molecule has 1 aliphatic rings. The van der Waals surface area contributed by atoms with Gasteiger partial charge in [-0.1, -0.05) is 5.16 Å². The number of nitrogens with zero attached hydrogens (tertiary/aromatic N) is 2. The Kier molecular flexibility index (Phi) is 2.49. The lowest BCUT2D eigenvalue weighted by Gasteiger charge is -2.29. The average Bonchev–Trinajstić information content (AvgIpc) is 2.66. The minimum atomic E-state index is -0.341. The fourth-order valence-electron chi connectivity index (χ4n) is 1.64. The molecule has 0 saturated carbocycles. The van der Waals surface area contributed by atoms with Crippen molar-refractivity contribution in [3.8, 4) is 0 Å². The van der Waals surface area contributed by atoms with Gasteiger partial charge in [0.15, 0.2) is 5.76 Å². The fraction of sp³-hybridized carbons (Fsp3) is 0.556. The van der Waals surface area contributed by atoms with Gasteiger partial charge >= 0.3 is 0 Å². The molecule has 0 aliphatic carbocycles. The smallest absolute Gasteiger partial charge is 0.239 e. The van der Waals surface area contributed by atoms with E-state index in [0.29, 0.717) is 12.3 Å². The highest BCUT2D eigenvalue weighted by Crippen LogP contribution is 2.13. The van der Waals surface area contributed by atoms with Crippen LogP contribution in [0.15, 0.2) is 16.8 Å². The third-order valence-electron chi connectivity index (χ3n) is 2.41. The summed E-state index contributed by atoms with van der Waals surface area (Å²) in [5, 5.41) is 3.59. The first-order chi connectivity index (χ1) is 6.77. The first-order valence-electron chi connectivity index (χ1n) is 4.71. The standard InChI is InChI=1S/C9H13N3O2/c10-8-2-1-5-12(9(8)13)6-7-3-4-11-14-7/h3-4,8H,1-2,5-6,10H2. The van der Waals surface area contributed by atoms with Gasteiger partial charge in [-0.05, 0) is 12.8 Å². The van der Waals surface area contributed by atoms with E-state index in [9.17, 15) is 4.79 Å². The lowest BCUT2D eigenvalue weighted by molar-refractivity contribution is -0.135. The summed E-state index contributed by atoms with van der Waals surface area (Å²) in [6, 6.07) is 1.42. The van der Waals surface area contributed by atoms with Crippen LogP contribution >= 0.6 is 0 Å². The number of amides is 1. The second kappa shape index (κ2) is 3.79. The number of piperidine rings is 1. The van der Waals surface area contributed by atoms with E-state index < -0.39 is 0 Å². The number of nitrogens with two attached hydrogens (primary N) is 1. The molecule has 2 rings (SSSR count). The summed E-state index contributed by atoms with van der Waals surface area (Å²) in [6.45, 7) is 1.24. The minimum absolute atomic E-state index is 0.00708. The van der Waals surface area contributed by atoms with E-state index in [1.165, 1.54) is 0 Å². The molecular formula is C9H13N3O2. The van der Waals surface area contributed by atoms with Gasteiger partial charge in [0.1, 0.15) is 0 Å². The zero-order valence-corrected chi connectivity index (χ0v) is 7.85. The Morgan fingerprint density at radius 1 is 1.71 bits per heavy atom. The molecule has 1 aliphatic heterocycles. The highest BCUT2D eigenvalue weighted by Gasteiger charge is 2.26. The fourth-order valence-corrected chi connectivity index (χ4v) is 1.64. The van der Waals surface area contributed by atoms with E-state index in [-0.39, 0.29) is 11.9 Å². The van der Waals surface area contributed by atoms with Crippen LogP contribution in [-0.2, 0) is 11.3 Å². The second-order valence-corrected chi connectivity index (χ2v) is 3.49. The molecule has 2 heterocycles. The molecule has 2 N–H and O–H groups in total. The van der Waals surface area contributed by atoms with Crippen molar-refractivity contribution in [1.29, 1.82) is 0 Å². The highest BCUT2D eigenvalue weighted by molar-refractivity contribution is 5.82. The van der Waals surface area contributed by atoms with Crippen LogP contribution in [0, 0.1) is 0 Å². The molecule has 5 nitrogen and oxygen atoms in total. The predicted molar refractivity (Wildman–Crippen MR) is 49.1 cm³/mol. The molecule has 1 aromatic heterocycles. The molecule has 1 aromatic rings. The van der Waals surface area contributed by atoms with Crippen molar-refractivity contribution in [1.82, 2.24) is 10.1 Å². The molecule has 1 atom stereocenters. The number of aromatic nitrogens is 1. The van der Waals surface area contributed by atoms with E-state index in [1.807, 2.05) is 0 Å². The Hall–Kier alpha value is -1.36. The predicted octanol–water partition coefficient (Wildman–Crippen LogP) is 0.124. The zero-order chi connectivity index (χ0) is 9.97. The molecule has 14 heavy (non-hydrogen) atoms. The number of rotatable bonds is 2. The van der Waals surface area contributed by atoms with E-state index >= 15 is 0 Å². The van der Waals surface area contributed by atoms with Gasteiger partial charge in [0.25, 0.3) is 0 Å². The van der Waals surface area contributed by atoms with Crippen molar-refractivity contribution in [3.05, 3.63) is 18.0 Å². The Morgan fingerprint density at radius 3 is 3.29 bits per heavy atom. The molecule has 5 heteroatoms. The quantitative estimate of drug-likeness (QED) is 0.727. The first kappa shape index (κ1) is 9.21. The molecular weight excluding hydrogens is 182 g/mol. The number of likely N-dealkylation sites (tertiary alicyclic amines) is 1. The summed E-state index contributed by atoms with van der Waals surface area (Å²) in [5.74, 6) is 0.708. The molecule has 1 amide bonds. The van der Waals surface area contributed by atoms with Crippen LogP contribution in [-0.4, -0.2) is 28.6 Å². The Balaban J connectivity index is 2.00. The first-order valence-corrected chi connectivity index (χ1v) is 4.71. The summed E-state index contributed by atoms with van der Waals surface area (Å²) in [5.41, 5.74) is 5.66. The highest BCUT2D eigenvalue weighted by atomic mass is 16.5. The molecule has 1 saturated heterocycles. The maximum absolute atomic E-state index is 11.6. The lowest BCUT2D eigenvalue weighted by Crippen LogP contribution is -2.47. The van der Waals surface area contributed by atoms with Crippen LogP contribution in [0.25, 0.3) is 0 Å². The average molecular weight is 195 g/mol. The van der Waals surface area contributed by atoms with Crippen molar-refractivity contribution < 1.29 is 9.32 Å². The molecule has 0 spiro atoms. The monoisotopic (exact) mass is 195 g/mol. The van der Waals surface area contributed by atoms with E-state index in [2.05, 4.69) is 5.16 Å². The van der Waals surface area contributed by atoms with Gasteiger partial charge in [0.2, 0.25) is 5.91 Å². The zero-order valence-electron chi connectivity index (χ0n) is 7.85. The van der Waals surface area contributed by atoms with Crippen molar-refractivity contribution in [2.75, 3.05) is 6.54 Å². The summed E-state index contributed by atoms with van der Waals surface area (Å²) in [7, 11) is 0. The molecule has 1 unspecified atom stereocenters. The van der Waals surface area contributed by atoms with Gasteiger partial charge in [-0.15, -0.1) is 0 Å². The maximum atomic E-state index is 11.6. The Morgan fingerprint density at radius 2 is 2.57 bits per heavy atom. The van der Waals surface area contributed by atoms with Gasteiger partial charge < -0.3 is 15.2 Å². The van der Waals surface area contributed by atoms with Crippen LogP contribution in [0.5, 0.6) is 0 Å². The van der Waals surface area contributed by atoms with Crippen LogP contribution < -0.4 is 5.73 Å². The third-order valence-corrected chi connectivity index (χ3v) is 2.41. The summed E-state index contributed by atoms with van der Waals surface area (Å²) in [6.07, 6.45) is 3.32. The van der Waals surface area contributed by atoms with Crippen molar-refractivity contribution in [2.45, 2.75) is 25.4 Å². The number of hydrogen-bond acceptors (Lipinski definition) is 4. The Bertz CT molecular complexity index is 310. The molecule has 76 valence electrons. The van der Waals surface area contributed by atoms with Crippen LogP contribution in [0.4, 0.5) is 0 Å². The van der Waals surface area contributed by atoms with Crippen molar-refractivity contribution >= 4 is 5.91 Å². The molecule has 1 fully saturated rings. The van der Waals surface area contributed by atoms with Gasteiger partial charge in [0, 0.05) is 12.6 Å². The van der Waals surface area contributed by atoms with Gasteiger partial charge in [-0.2, -0.15) is 0 Å². The lowest BCUT2D eigenvalue weighted by atomic mass is 10.1. The largest absolute Gasteiger partial charge is 0.360 e. The van der Waals surface area contributed by atoms with Crippen LogP contribution in [0.1, 0.15) is 18.6 Å². The van der Waals surface area contributed by atoms with Crippen molar-refractivity contribution in [3.63, 3.8) is 0 Å². The molecule has 0 aromatic carbocycles. The summed E-state index contributed by atoms with van der Waals surface area (Å²) < 4.78 is 4.94. The van der Waals surface area contributed by atoms with Crippen LogP contribution in [0.3, 0.4) is 0 Å². The second-order valence-electron chi connectivity index (χ2n) is 3.49. The SMILES string of the molecule is NC1CCCN(Cc2ccno2)C1=O. The van der Waals surface area contributed by atoms with Gasteiger partial charge in [-0.3, -0.25) is 4.79 Å². The van der Waals surface area contributed by atoms with Gasteiger partial charge in [0.05, 0.1) is 18.8 Å².